The second-order valence-electron chi connectivity index (χ2n) is 6.28. The van der Waals surface area contributed by atoms with E-state index in [0.717, 1.165) is 62.1 Å². The van der Waals surface area contributed by atoms with Crippen LogP contribution in [0.5, 0.6) is 0 Å². The standard InChI is InChI=1S/C15H19F3N2O.C3H4BrNO/c1-19-14(21)13(20-9-3-2-4-10-20)11-5-7-12(8-6-11)15(16,17)18;4-3-1-2-6-5-3/h5-8,13H,2-4,9-10H2,1H3,(H,19,21);1-2H2. The maximum atomic E-state index is 12.6. The van der Waals surface area contributed by atoms with Gasteiger partial charge in [0.15, 0.2) is 0 Å². The number of nitrogens with one attached hydrogen (secondary N) is 1. The Bertz CT molecular complexity index is 644. The molecule has 1 unspecified atom stereocenters. The smallest absolute Gasteiger partial charge is 0.395 e. The van der Waals surface area contributed by atoms with Gasteiger partial charge in [-0.05, 0) is 59.6 Å². The number of amides is 1. The van der Waals surface area contributed by atoms with E-state index in [4.69, 9.17) is 0 Å². The Balaban J connectivity index is 0.000000369. The molecule has 1 atom stereocenters. The first kappa shape index (κ1) is 21.7. The summed E-state index contributed by atoms with van der Waals surface area (Å²) in [6.45, 7) is 2.32. The Morgan fingerprint density at radius 3 is 2.26 bits per heavy atom. The monoisotopic (exact) mass is 449 g/mol. The van der Waals surface area contributed by atoms with Crippen LogP contribution in [-0.2, 0) is 15.8 Å². The number of nitrogens with zero attached hydrogens (tertiary/aromatic N) is 2. The van der Waals surface area contributed by atoms with Crippen LogP contribution in [0.2, 0.25) is 0 Å². The summed E-state index contributed by atoms with van der Waals surface area (Å²) in [5.74, 6) is -0.184. The van der Waals surface area contributed by atoms with Gasteiger partial charge in [0.25, 0.3) is 0 Å². The first-order valence-corrected chi connectivity index (χ1v) is 9.59. The first-order chi connectivity index (χ1) is 12.8. The van der Waals surface area contributed by atoms with E-state index in [9.17, 15) is 18.0 Å². The molecule has 2 heterocycles. The molecule has 0 spiro atoms. The Kier molecular flexibility index (Phi) is 8.09. The van der Waals surface area contributed by atoms with Crippen molar-refractivity contribution in [3.8, 4) is 0 Å². The predicted octanol–water partition coefficient (Wildman–Crippen LogP) is 4.09. The number of hydrogen-bond donors (Lipinski definition) is 1. The van der Waals surface area contributed by atoms with Gasteiger partial charge in [0.05, 0.1) is 5.56 Å². The van der Waals surface area contributed by atoms with Crippen molar-refractivity contribution >= 4 is 26.5 Å². The molecule has 3 rings (SSSR count). The number of alkyl halides is 3. The van der Waals surface area contributed by atoms with E-state index in [1.807, 2.05) is 4.90 Å². The van der Waals surface area contributed by atoms with Gasteiger partial charge in [0.1, 0.15) is 17.3 Å². The molecule has 1 aromatic rings. The van der Waals surface area contributed by atoms with Crippen molar-refractivity contribution in [3.05, 3.63) is 35.4 Å². The van der Waals surface area contributed by atoms with Crippen molar-refractivity contribution < 1.29 is 22.8 Å². The highest BCUT2D eigenvalue weighted by Crippen LogP contribution is 2.31. The highest BCUT2D eigenvalue weighted by Gasteiger charge is 2.32. The Labute approximate surface area is 165 Å². The fourth-order valence-electron chi connectivity index (χ4n) is 2.99. The largest absolute Gasteiger partial charge is 0.416 e. The predicted molar refractivity (Wildman–Crippen MR) is 101 cm³/mol. The average Bonchev–Trinajstić information content (AvgIpc) is 3.14. The second kappa shape index (κ2) is 10.1. The fraction of sp³-hybridized carbons (Fsp3) is 0.556. The molecular formula is C18H23BrF3N3O2. The summed E-state index contributed by atoms with van der Waals surface area (Å²) in [5.41, 5.74) is -0.0928. The summed E-state index contributed by atoms with van der Waals surface area (Å²) >= 11 is 3.16. The molecule has 0 saturated carbocycles. The number of likely N-dealkylation sites (N-methyl/N-ethyl adjacent to an activating group) is 1. The van der Waals surface area contributed by atoms with Crippen LogP contribution in [0, 0.1) is 0 Å². The normalized spacial score (nSPS) is 18.6. The van der Waals surface area contributed by atoms with Crippen LogP contribution < -0.4 is 5.32 Å². The minimum Gasteiger partial charge on any atom is -0.395 e. The highest BCUT2D eigenvalue weighted by molar-refractivity contribution is 9.18. The van der Waals surface area contributed by atoms with Crippen molar-refractivity contribution in [2.24, 2.45) is 5.16 Å². The molecule has 5 nitrogen and oxygen atoms in total. The van der Waals surface area contributed by atoms with Gasteiger partial charge in [0, 0.05) is 13.5 Å². The molecule has 2 aliphatic heterocycles. The van der Waals surface area contributed by atoms with Gasteiger partial charge < -0.3 is 10.2 Å². The molecule has 1 saturated heterocycles. The van der Waals surface area contributed by atoms with Crippen molar-refractivity contribution in [2.45, 2.75) is 37.9 Å². The molecule has 0 bridgehead atoms. The lowest BCUT2D eigenvalue weighted by atomic mass is 9.99. The van der Waals surface area contributed by atoms with E-state index in [-0.39, 0.29) is 5.91 Å². The van der Waals surface area contributed by atoms with Gasteiger partial charge in [-0.1, -0.05) is 23.7 Å². The Morgan fingerprint density at radius 1 is 1.22 bits per heavy atom. The maximum Gasteiger partial charge on any atom is 0.416 e. The lowest BCUT2D eigenvalue weighted by Crippen LogP contribution is -2.41. The fourth-order valence-corrected chi connectivity index (χ4v) is 3.25. The average molecular weight is 450 g/mol. The zero-order valence-electron chi connectivity index (χ0n) is 15.1. The molecular weight excluding hydrogens is 427 g/mol. The molecule has 150 valence electrons. The third-order valence-corrected chi connectivity index (χ3v) is 4.91. The summed E-state index contributed by atoms with van der Waals surface area (Å²) in [4.78, 5) is 18.7. The van der Waals surface area contributed by atoms with E-state index in [1.54, 1.807) is 7.05 Å². The van der Waals surface area contributed by atoms with E-state index in [2.05, 4.69) is 31.2 Å². The van der Waals surface area contributed by atoms with Crippen LogP contribution in [-0.4, -0.2) is 42.2 Å². The highest BCUT2D eigenvalue weighted by atomic mass is 79.9. The minimum atomic E-state index is -4.35. The summed E-state index contributed by atoms with van der Waals surface area (Å²) in [5, 5.41) is 6.17. The molecule has 0 radical (unpaired) electrons. The molecule has 27 heavy (non-hydrogen) atoms. The van der Waals surface area contributed by atoms with Gasteiger partial charge in [-0.3, -0.25) is 9.69 Å². The zero-order chi connectivity index (χ0) is 19.9. The quantitative estimate of drug-likeness (QED) is 0.755. The number of carbonyl (C=O) groups is 1. The Morgan fingerprint density at radius 2 is 1.85 bits per heavy atom. The first-order valence-electron chi connectivity index (χ1n) is 8.80. The topological polar surface area (TPSA) is 53.9 Å². The maximum absolute atomic E-state index is 12.6. The van der Waals surface area contributed by atoms with Gasteiger partial charge in [0.2, 0.25) is 5.91 Å². The molecule has 1 amide bonds. The van der Waals surface area contributed by atoms with Crippen LogP contribution >= 0.6 is 15.9 Å². The van der Waals surface area contributed by atoms with Crippen molar-refractivity contribution in [1.29, 1.82) is 0 Å². The van der Waals surface area contributed by atoms with E-state index in [0.29, 0.717) is 5.56 Å². The SMILES string of the molecule is BrC1=NOCC1.CNC(=O)C(c1ccc(C(F)(F)F)cc1)N1CCCCC1. The summed E-state index contributed by atoms with van der Waals surface area (Å²) < 4.78 is 38.8. The van der Waals surface area contributed by atoms with Crippen molar-refractivity contribution in [1.82, 2.24) is 10.2 Å². The van der Waals surface area contributed by atoms with Crippen LogP contribution in [0.15, 0.2) is 29.4 Å². The number of likely N-dealkylation sites (tertiary alicyclic amines) is 1. The molecule has 1 aromatic carbocycles. The van der Waals surface area contributed by atoms with Gasteiger partial charge >= 0.3 is 6.18 Å². The van der Waals surface area contributed by atoms with Crippen LogP contribution in [0.4, 0.5) is 13.2 Å². The zero-order valence-corrected chi connectivity index (χ0v) is 16.6. The van der Waals surface area contributed by atoms with Gasteiger partial charge in [-0.25, -0.2) is 0 Å². The number of carbonyl (C=O) groups excluding carboxylic acids is 1. The molecule has 9 heteroatoms. The third kappa shape index (κ3) is 6.49. The third-order valence-electron chi connectivity index (χ3n) is 4.37. The van der Waals surface area contributed by atoms with Crippen LogP contribution in [0.3, 0.4) is 0 Å². The van der Waals surface area contributed by atoms with Crippen LogP contribution in [0.1, 0.15) is 42.9 Å². The Hall–Kier alpha value is -1.61. The molecule has 0 aliphatic carbocycles. The number of hydrogen-bond acceptors (Lipinski definition) is 4. The molecule has 1 N–H and O–H groups in total. The number of piperidine rings is 1. The molecule has 2 aliphatic rings. The van der Waals surface area contributed by atoms with Gasteiger partial charge in [-0.2, -0.15) is 13.2 Å². The number of rotatable bonds is 3. The van der Waals surface area contributed by atoms with E-state index < -0.39 is 17.8 Å². The van der Waals surface area contributed by atoms with E-state index >= 15 is 0 Å². The van der Waals surface area contributed by atoms with E-state index in [1.165, 1.54) is 12.1 Å². The van der Waals surface area contributed by atoms with Crippen LogP contribution in [0.25, 0.3) is 0 Å². The summed E-state index contributed by atoms with van der Waals surface area (Å²) in [6.07, 6.45) is -0.279. The molecule has 1 fully saturated rings. The lowest BCUT2D eigenvalue weighted by Gasteiger charge is -2.33. The van der Waals surface area contributed by atoms with Crippen molar-refractivity contribution in [2.75, 3.05) is 26.7 Å². The number of halogens is 4. The lowest BCUT2D eigenvalue weighted by molar-refractivity contribution is -0.137. The summed E-state index contributed by atoms with van der Waals surface area (Å²) in [7, 11) is 1.55. The van der Waals surface area contributed by atoms with Crippen molar-refractivity contribution in [3.63, 3.8) is 0 Å². The summed E-state index contributed by atoms with van der Waals surface area (Å²) in [6, 6.07) is 4.36. The second-order valence-corrected chi connectivity index (χ2v) is 7.20. The number of oxime groups is 1. The minimum absolute atomic E-state index is 0.184. The number of benzene rings is 1. The van der Waals surface area contributed by atoms with Gasteiger partial charge in [-0.15, -0.1) is 0 Å². The molecule has 0 aromatic heterocycles.